The van der Waals surface area contributed by atoms with E-state index in [1.54, 1.807) is 0 Å². The maximum Gasteiger partial charge on any atom is 0.127 e. The van der Waals surface area contributed by atoms with Crippen molar-refractivity contribution in [1.29, 1.82) is 0 Å². The second-order valence-corrected chi connectivity index (χ2v) is 7.05. The number of likely N-dealkylation sites (tertiary alicyclic amines) is 1. The zero-order chi connectivity index (χ0) is 14.4. The van der Waals surface area contributed by atoms with Gasteiger partial charge in [-0.1, -0.05) is 26.7 Å². The summed E-state index contributed by atoms with van der Waals surface area (Å²) in [5.41, 5.74) is -0.0791. The van der Waals surface area contributed by atoms with Crippen molar-refractivity contribution in [3.63, 3.8) is 0 Å². The third-order valence-corrected chi connectivity index (χ3v) is 4.94. The van der Waals surface area contributed by atoms with Gasteiger partial charge in [0.25, 0.3) is 0 Å². The number of rotatable bonds is 6. The van der Waals surface area contributed by atoms with Crippen molar-refractivity contribution in [2.24, 2.45) is 11.3 Å². The molecule has 3 nitrogen and oxygen atoms in total. The molecule has 0 aromatic rings. The summed E-state index contributed by atoms with van der Waals surface area (Å²) in [4.78, 5) is 14.2. The van der Waals surface area contributed by atoms with Gasteiger partial charge in [-0.3, -0.25) is 4.90 Å². The molecule has 0 radical (unpaired) electrons. The van der Waals surface area contributed by atoms with E-state index >= 15 is 0 Å². The average molecular weight is 281 g/mol. The predicted molar refractivity (Wildman–Crippen MR) is 81.8 cm³/mol. The van der Waals surface area contributed by atoms with Crippen LogP contribution in [0.25, 0.3) is 0 Å². The van der Waals surface area contributed by atoms with Gasteiger partial charge in [0.05, 0.1) is 6.10 Å². The molecule has 0 spiro atoms. The van der Waals surface area contributed by atoms with Crippen molar-refractivity contribution in [2.75, 3.05) is 26.2 Å². The van der Waals surface area contributed by atoms with Gasteiger partial charge in [-0.15, -0.1) is 0 Å². The van der Waals surface area contributed by atoms with Gasteiger partial charge in [0.15, 0.2) is 0 Å². The Bertz CT molecular complexity index is 307. The standard InChI is InChI=1S/C17H31NO2/c1-3-10-20-16-7-5-9-18(12-16)13-17(14-19)8-4-6-15(2)11-17/h14-16H,3-13H2,1-2H3. The number of ether oxygens (including phenoxy) is 1. The predicted octanol–water partition coefficient (Wildman–Crippen LogP) is 3.27. The zero-order valence-electron chi connectivity index (χ0n) is 13.3. The van der Waals surface area contributed by atoms with Gasteiger partial charge in [-0.05, 0) is 44.6 Å². The first-order valence-corrected chi connectivity index (χ1v) is 8.48. The van der Waals surface area contributed by atoms with E-state index < -0.39 is 0 Å². The second kappa shape index (κ2) is 7.56. The van der Waals surface area contributed by atoms with Crippen molar-refractivity contribution in [1.82, 2.24) is 4.90 Å². The van der Waals surface area contributed by atoms with Crippen LogP contribution >= 0.6 is 0 Å². The highest BCUT2D eigenvalue weighted by atomic mass is 16.5. The molecule has 0 aromatic heterocycles. The molecule has 3 heteroatoms. The van der Waals surface area contributed by atoms with E-state index in [0.29, 0.717) is 12.0 Å². The minimum Gasteiger partial charge on any atom is -0.377 e. The topological polar surface area (TPSA) is 29.5 Å². The van der Waals surface area contributed by atoms with Crippen molar-refractivity contribution in [2.45, 2.75) is 64.9 Å². The molecule has 1 saturated carbocycles. The molecule has 0 aromatic carbocycles. The molecule has 20 heavy (non-hydrogen) atoms. The van der Waals surface area contributed by atoms with Crippen LogP contribution in [0.4, 0.5) is 0 Å². The van der Waals surface area contributed by atoms with E-state index in [1.165, 1.54) is 32.0 Å². The molecule has 1 heterocycles. The van der Waals surface area contributed by atoms with Gasteiger partial charge in [-0.2, -0.15) is 0 Å². The molecule has 3 unspecified atom stereocenters. The summed E-state index contributed by atoms with van der Waals surface area (Å²) in [6.07, 6.45) is 9.78. The summed E-state index contributed by atoms with van der Waals surface area (Å²) in [6.45, 7) is 8.42. The van der Waals surface area contributed by atoms with Gasteiger partial charge in [-0.25, -0.2) is 0 Å². The summed E-state index contributed by atoms with van der Waals surface area (Å²) in [7, 11) is 0. The fourth-order valence-corrected chi connectivity index (χ4v) is 4.01. The van der Waals surface area contributed by atoms with Crippen LogP contribution < -0.4 is 0 Å². The summed E-state index contributed by atoms with van der Waals surface area (Å²) in [6, 6.07) is 0. The molecule has 2 rings (SSSR count). The van der Waals surface area contributed by atoms with Gasteiger partial charge < -0.3 is 9.53 Å². The Morgan fingerprint density at radius 1 is 1.35 bits per heavy atom. The summed E-state index contributed by atoms with van der Waals surface area (Å²) < 4.78 is 5.91. The number of carbonyl (C=O) groups is 1. The van der Waals surface area contributed by atoms with Crippen molar-refractivity contribution in [3.8, 4) is 0 Å². The van der Waals surface area contributed by atoms with E-state index in [-0.39, 0.29) is 5.41 Å². The Morgan fingerprint density at radius 3 is 2.90 bits per heavy atom. The van der Waals surface area contributed by atoms with E-state index in [9.17, 15) is 4.79 Å². The molecular formula is C17H31NO2. The first-order chi connectivity index (χ1) is 9.67. The Hall–Kier alpha value is -0.410. The number of carbonyl (C=O) groups excluding carboxylic acids is 1. The van der Waals surface area contributed by atoms with E-state index in [2.05, 4.69) is 18.7 Å². The van der Waals surface area contributed by atoms with Crippen LogP contribution in [-0.2, 0) is 9.53 Å². The minimum absolute atomic E-state index is 0.0791. The van der Waals surface area contributed by atoms with Crippen molar-refractivity contribution in [3.05, 3.63) is 0 Å². The van der Waals surface area contributed by atoms with Gasteiger partial charge in [0.2, 0.25) is 0 Å². The third kappa shape index (κ3) is 4.29. The lowest BCUT2D eigenvalue weighted by Crippen LogP contribution is -2.47. The van der Waals surface area contributed by atoms with E-state index in [1.807, 2.05) is 0 Å². The lowest BCUT2D eigenvalue weighted by atomic mass is 9.70. The molecule has 2 fully saturated rings. The highest BCUT2D eigenvalue weighted by Gasteiger charge is 2.37. The number of nitrogens with zero attached hydrogens (tertiary/aromatic N) is 1. The first-order valence-electron chi connectivity index (χ1n) is 8.48. The second-order valence-electron chi connectivity index (χ2n) is 7.05. The Morgan fingerprint density at radius 2 is 2.20 bits per heavy atom. The molecule has 0 N–H and O–H groups in total. The number of aldehydes is 1. The quantitative estimate of drug-likeness (QED) is 0.700. The number of hydrogen-bond donors (Lipinski definition) is 0. The number of piperidine rings is 1. The molecule has 1 aliphatic heterocycles. The first kappa shape index (κ1) is 16.0. The summed E-state index contributed by atoms with van der Waals surface area (Å²) >= 11 is 0. The van der Waals surface area contributed by atoms with Crippen LogP contribution in [0.15, 0.2) is 0 Å². The molecule has 3 atom stereocenters. The van der Waals surface area contributed by atoms with Crippen LogP contribution in [0, 0.1) is 11.3 Å². The zero-order valence-corrected chi connectivity index (χ0v) is 13.3. The Balaban J connectivity index is 1.88. The molecule has 116 valence electrons. The van der Waals surface area contributed by atoms with Crippen LogP contribution in [-0.4, -0.2) is 43.5 Å². The van der Waals surface area contributed by atoms with Crippen molar-refractivity contribution >= 4 is 6.29 Å². The van der Waals surface area contributed by atoms with Crippen LogP contribution in [0.1, 0.15) is 58.8 Å². The van der Waals surface area contributed by atoms with Crippen LogP contribution in [0.2, 0.25) is 0 Å². The number of hydrogen-bond acceptors (Lipinski definition) is 3. The Kier molecular flexibility index (Phi) is 6.03. The van der Waals surface area contributed by atoms with Crippen LogP contribution in [0.5, 0.6) is 0 Å². The van der Waals surface area contributed by atoms with Gasteiger partial charge >= 0.3 is 0 Å². The van der Waals surface area contributed by atoms with Crippen LogP contribution in [0.3, 0.4) is 0 Å². The molecular weight excluding hydrogens is 250 g/mol. The molecule has 0 amide bonds. The lowest BCUT2D eigenvalue weighted by molar-refractivity contribution is -0.121. The molecule has 2 aliphatic rings. The minimum atomic E-state index is -0.0791. The highest BCUT2D eigenvalue weighted by molar-refractivity contribution is 5.60. The van der Waals surface area contributed by atoms with Crippen molar-refractivity contribution < 1.29 is 9.53 Å². The fourth-order valence-electron chi connectivity index (χ4n) is 4.01. The van der Waals surface area contributed by atoms with E-state index in [4.69, 9.17) is 4.74 Å². The van der Waals surface area contributed by atoms with Gasteiger partial charge in [0, 0.05) is 25.1 Å². The summed E-state index contributed by atoms with van der Waals surface area (Å²) in [5, 5.41) is 0. The monoisotopic (exact) mass is 281 g/mol. The molecule has 0 bridgehead atoms. The lowest BCUT2D eigenvalue weighted by Gasteiger charge is -2.42. The highest BCUT2D eigenvalue weighted by Crippen LogP contribution is 2.38. The largest absolute Gasteiger partial charge is 0.377 e. The van der Waals surface area contributed by atoms with E-state index in [0.717, 1.165) is 45.5 Å². The SMILES string of the molecule is CCCOC1CCCN(CC2(C=O)CCCC(C)C2)C1. The Labute approximate surface area is 124 Å². The fraction of sp³-hybridized carbons (Fsp3) is 0.941. The maximum atomic E-state index is 11.7. The normalized spacial score (nSPS) is 35.9. The smallest absolute Gasteiger partial charge is 0.127 e. The molecule has 1 aliphatic carbocycles. The van der Waals surface area contributed by atoms with Gasteiger partial charge in [0.1, 0.15) is 6.29 Å². The summed E-state index contributed by atoms with van der Waals surface area (Å²) in [5.74, 6) is 0.700. The third-order valence-electron chi connectivity index (χ3n) is 4.94. The molecule has 1 saturated heterocycles. The average Bonchev–Trinajstić information content (AvgIpc) is 2.45. The maximum absolute atomic E-state index is 11.7.